The smallest absolute Gasteiger partial charge is 0.208 e. The van der Waals surface area contributed by atoms with Gasteiger partial charge < -0.3 is 24.9 Å². The van der Waals surface area contributed by atoms with Gasteiger partial charge in [-0.15, -0.1) is 0 Å². The highest BCUT2D eigenvalue weighted by atomic mass is 16.6. The van der Waals surface area contributed by atoms with Gasteiger partial charge in [0.2, 0.25) is 5.79 Å². The highest BCUT2D eigenvalue weighted by Gasteiger charge is 2.85. The van der Waals surface area contributed by atoms with Crippen LogP contribution in [0.3, 0.4) is 0 Å². The van der Waals surface area contributed by atoms with E-state index in [0.717, 1.165) is 6.29 Å². The highest BCUT2D eigenvalue weighted by molar-refractivity contribution is 5.93. The molecule has 7 heteroatoms. The van der Waals surface area contributed by atoms with Crippen LogP contribution in [0.25, 0.3) is 0 Å². The summed E-state index contributed by atoms with van der Waals surface area (Å²) in [6, 6.07) is 0. The molecule has 178 valence electrons. The average molecular weight is 449 g/mol. The molecule has 7 nitrogen and oxygen atoms in total. The summed E-state index contributed by atoms with van der Waals surface area (Å²) in [5.41, 5.74) is -2.91. The van der Waals surface area contributed by atoms with Crippen molar-refractivity contribution in [1.29, 1.82) is 0 Å². The molecule has 2 aliphatic heterocycles. The van der Waals surface area contributed by atoms with Gasteiger partial charge in [0.1, 0.15) is 29.4 Å². The Morgan fingerprint density at radius 2 is 1.88 bits per heavy atom. The summed E-state index contributed by atoms with van der Waals surface area (Å²) in [6.45, 7) is 10.9. The Balaban J connectivity index is 1.97. The van der Waals surface area contributed by atoms with E-state index in [-0.39, 0.29) is 18.8 Å². The minimum atomic E-state index is -2.30. The van der Waals surface area contributed by atoms with Crippen LogP contribution in [-0.4, -0.2) is 57.8 Å². The van der Waals surface area contributed by atoms with Crippen LogP contribution in [0.4, 0.5) is 0 Å². The Morgan fingerprint density at radius 1 is 1.22 bits per heavy atom. The number of aldehydes is 1. The normalized spacial score (nSPS) is 49.2. The van der Waals surface area contributed by atoms with Gasteiger partial charge in [-0.3, -0.25) is 9.59 Å². The van der Waals surface area contributed by atoms with Crippen molar-refractivity contribution in [3.05, 3.63) is 12.2 Å². The summed E-state index contributed by atoms with van der Waals surface area (Å²) < 4.78 is 5.89. The van der Waals surface area contributed by atoms with E-state index in [1.54, 1.807) is 6.92 Å². The monoisotopic (exact) mass is 448 g/mol. The highest BCUT2D eigenvalue weighted by Crippen LogP contribution is 2.74. The van der Waals surface area contributed by atoms with E-state index in [2.05, 4.69) is 6.58 Å². The first-order valence-electron chi connectivity index (χ1n) is 11.7. The maximum Gasteiger partial charge on any atom is 0.208 e. The lowest BCUT2D eigenvalue weighted by molar-refractivity contribution is -0.442. The Hall–Kier alpha value is -1.41. The lowest BCUT2D eigenvalue weighted by Crippen LogP contribution is -2.87. The van der Waals surface area contributed by atoms with Crippen LogP contribution >= 0.6 is 0 Å². The lowest BCUT2D eigenvalue weighted by Gasteiger charge is -2.74. The molecule has 1 spiro atoms. The summed E-state index contributed by atoms with van der Waals surface area (Å²) in [7, 11) is 0. The van der Waals surface area contributed by atoms with Crippen molar-refractivity contribution >= 4 is 17.9 Å². The number of rotatable bonds is 5. The maximum atomic E-state index is 14.1. The molecule has 0 radical (unpaired) electrons. The molecule has 5 rings (SSSR count). The predicted octanol–water partition coefficient (Wildman–Crippen LogP) is 1.82. The first kappa shape index (κ1) is 23.7. The number of carbonyl (C=O) groups excluding carboxylic acids is 3. The fourth-order valence-electron chi connectivity index (χ4n) is 8.45. The van der Waals surface area contributed by atoms with Crippen LogP contribution in [0.5, 0.6) is 0 Å². The first-order valence-corrected chi connectivity index (χ1v) is 11.7. The third-order valence-electron chi connectivity index (χ3n) is 9.47. The minimum Gasteiger partial charge on any atom is -0.391 e. The Morgan fingerprint density at radius 3 is 2.44 bits per heavy atom. The molecule has 0 aromatic heterocycles. The van der Waals surface area contributed by atoms with Crippen LogP contribution in [0, 0.1) is 39.9 Å². The second-order valence-electron chi connectivity index (χ2n) is 11.4. The number of fused-ring (bicyclic) bond motifs is 1. The minimum absolute atomic E-state index is 0.102. The first-order chi connectivity index (χ1) is 14.8. The molecule has 5 aliphatic rings. The van der Waals surface area contributed by atoms with E-state index < -0.39 is 63.7 Å². The second kappa shape index (κ2) is 7.29. The Bertz CT molecular complexity index is 864. The van der Waals surface area contributed by atoms with E-state index >= 15 is 0 Å². The molecular weight excluding hydrogens is 412 g/mol. The summed E-state index contributed by atoms with van der Waals surface area (Å²) >= 11 is 0. The number of carbonyl (C=O) groups is 3. The Labute approximate surface area is 189 Å². The molecule has 2 bridgehead atoms. The molecule has 2 heterocycles. The van der Waals surface area contributed by atoms with Gasteiger partial charge in [-0.25, -0.2) is 0 Å². The van der Waals surface area contributed by atoms with Gasteiger partial charge in [-0.2, -0.15) is 0 Å². The number of hydrogen-bond donors (Lipinski definition) is 3. The second-order valence-corrected chi connectivity index (χ2v) is 11.4. The maximum absolute atomic E-state index is 14.1. The van der Waals surface area contributed by atoms with Crippen molar-refractivity contribution in [3.63, 3.8) is 0 Å². The number of ether oxygens (including phenoxy) is 1. The standard InChI is InChI=1S/C25H36O7/c1-13(2)16-8-9-17-23-12-32-25(31,24(17,14(3)27)20(16)29)21(30)18(23)22(4,5)11-15(19(23)28)7-6-10-26/h10,15-18,20-21,29-31H,1,6-9,11-12H2,2-5H3/t15?,16-,17-,18+,20+,21-,23-,24+,25-/m0/s1. The van der Waals surface area contributed by atoms with Crippen molar-refractivity contribution in [2.24, 2.45) is 39.9 Å². The van der Waals surface area contributed by atoms with Crippen molar-refractivity contribution < 1.29 is 34.4 Å². The van der Waals surface area contributed by atoms with Crippen molar-refractivity contribution in [2.75, 3.05) is 6.61 Å². The van der Waals surface area contributed by atoms with Gasteiger partial charge in [-0.05, 0) is 50.9 Å². The zero-order chi connectivity index (χ0) is 23.9. The van der Waals surface area contributed by atoms with Crippen LogP contribution in [0.2, 0.25) is 0 Å². The molecule has 3 saturated carbocycles. The lowest BCUT2D eigenvalue weighted by atomic mass is 9.33. The quantitative estimate of drug-likeness (QED) is 0.433. The van der Waals surface area contributed by atoms with E-state index in [0.29, 0.717) is 31.3 Å². The molecule has 2 saturated heterocycles. The van der Waals surface area contributed by atoms with Crippen molar-refractivity contribution in [3.8, 4) is 0 Å². The van der Waals surface area contributed by atoms with E-state index in [9.17, 15) is 29.7 Å². The van der Waals surface area contributed by atoms with Gasteiger partial charge in [-0.1, -0.05) is 26.0 Å². The molecule has 1 unspecified atom stereocenters. The van der Waals surface area contributed by atoms with Gasteiger partial charge in [0.25, 0.3) is 0 Å². The molecule has 9 atom stereocenters. The zero-order valence-corrected chi connectivity index (χ0v) is 19.5. The molecule has 0 aromatic carbocycles. The fraction of sp³-hybridized carbons (Fsp3) is 0.800. The van der Waals surface area contributed by atoms with E-state index in [1.165, 1.54) is 6.92 Å². The summed E-state index contributed by atoms with van der Waals surface area (Å²) in [5.74, 6) is -5.05. The average Bonchev–Trinajstić information content (AvgIpc) is 2.70. The number of ketones is 2. The summed E-state index contributed by atoms with van der Waals surface area (Å²) in [5, 5.41) is 35.1. The van der Waals surface area contributed by atoms with E-state index in [1.807, 2.05) is 13.8 Å². The molecular formula is C25H36O7. The van der Waals surface area contributed by atoms with Gasteiger partial charge in [0.05, 0.1) is 18.1 Å². The van der Waals surface area contributed by atoms with E-state index in [4.69, 9.17) is 4.74 Å². The third kappa shape index (κ3) is 2.54. The molecule has 0 amide bonds. The van der Waals surface area contributed by atoms with Crippen LogP contribution in [0.15, 0.2) is 12.2 Å². The van der Waals surface area contributed by atoms with Gasteiger partial charge >= 0.3 is 0 Å². The number of Topliss-reactive ketones (excluding diaryl/α,β-unsaturated/α-hetero) is 2. The fourth-order valence-corrected chi connectivity index (χ4v) is 8.45. The number of hydrogen-bond acceptors (Lipinski definition) is 7. The van der Waals surface area contributed by atoms with Crippen LogP contribution in [0.1, 0.15) is 59.8 Å². The van der Waals surface area contributed by atoms with Crippen molar-refractivity contribution in [1.82, 2.24) is 0 Å². The summed E-state index contributed by atoms with van der Waals surface area (Å²) in [4.78, 5) is 38.6. The number of aliphatic hydroxyl groups is 3. The van der Waals surface area contributed by atoms with Crippen LogP contribution in [-0.2, 0) is 19.1 Å². The summed E-state index contributed by atoms with van der Waals surface area (Å²) in [6.07, 6.45) is 0.0598. The topological polar surface area (TPSA) is 121 Å². The van der Waals surface area contributed by atoms with Gasteiger partial charge in [0, 0.05) is 24.2 Å². The van der Waals surface area contributed by atoms with Crippen LogP contribution < -0.4 is 0 Å². The predicted molar refractivity (Wildman–Crippen MR) is 115 cm³/mol. The van der Waals surface area contributed by atoms with Crippen molar-refractivity contribution in [2.45, 2.75) is 77.8 Å². The largest absolute Gasteiger partial charge is 0.391 e. The Kier molecular flexibility index (Phi) is 5.41. The van der Waals surface area contributed by atoms with Gasteiger partial charge in [0.15, 0.2) is 0 Å². The molecule has 5 fully saturated rings. The zero-order valence-electron chi connectivity index (χ0n) is 19.5. The molecule has 32 heavy (non-hydrogen) atoms. The molecule has 3 aliphatic carbocycles. The number of aliphatic hydroxyl groups excluding tert-OH is 2. The molecule has 3 N–H and O–H groups in total. The third-order valence-corrected chi connectivity index (χ3v) is 9.47. The SMILES string of the molecule is C=C(C)[C@@H]1CC[C@H]2[C@@]34CO[C@@](O)([C@@H](O)[C@@H]3C(C)(C)CC(CCC=O)C4=O)[C@@]2(C(C)=O)[C@@H]1O. The molecule has 0 aromatic rings.